The van der Waals surface area contributed by atoms with E-state index in [0.29, 0.717) is 18.1 Å². The van der Waals surface area contributed by atoms with Crippen molar-refractivity contribution < 1.29 is 5.11 Å². The lowest BCUT2D eigenvalue weighted by molar-refractivity contribution is 0.0796. The Balaban J connectivity index is 1.86. The van der Waals surface area contributed by atoms with Crippen LogP contribution in [0.1, 0.15) is 16.7 Å². The van der Waals surface area contributed by atoms with E-state index in [2.05, 4.69) is 33.4 Å². The molecule has 128 valence electrons. The first-order valence-electron chi connectivity index (χ1n) is 8.07. The van der Waals surface area contributed by atoms with E-state index in [4.69, 9.17) is 11.6 Å². The Morgan fingerprint density at radius 1 is 0.840 bits per heavy atom. The average molecular weight is 417 g/mol. The van der Waals surface area contributed by atoms with Gasteiger partial charge >= 0.3 is 0 Å². The van der Waals surface area contributed by atoms with Gasteiger partial charge in [0.1, 0.15) is 5.60 Å². The predicted molar refractivity (Wildman–Crippen MR) is 107 cm³/mol. The molecule has 0 aliphatic carbocycles. The average Bonchev–Trinajstić information content (AvgIpc) is 2.63. The lowest BCUT2D eigenvalue weighted by Gasteiger charge is -2.30. The second kappa shape index (κ2) is 8.15. The maximum atomic E-state index is 11.5. The number of aliphatic hydroxyl groups is 1. The van der Waals surface area contributed by atoms with Gasteiger partial charge in [0, 0.05) is 22.6 Å². The van der Waals surface area contributed by atoms with Crippen molar-refractivity contribution in [1.29, 1.82) is 0 Å². The largest absolute Gasteiger partial charge is 0.379 e. The summed E-state index contributed by atoms with van der Waals surface area (Å²) >= 11 is 9.46. The molecule has 0 unspecified atom stereocenters. The second-order valence-corrected chi connectivity index (χ2v) is 7.32. The van der Waals surface area contributed by atoms with Crippen LogP contribution < -0.4 is 5.32 Å². The van der Waals surface area contributed by atoms with E-state index >= 15 is 0 Å². The van der Waals surface area contributed by atoms with E-state index in [9.17, 15) is 5.11 Å². The quantitative estimate of drug-likeness (QED) is 0.584. The number of nitrogens with one attached hydrogen (secondary N) is 1. The zero-order valence-corrected chi connectivity index (χ0v) is 16.0. The monoisotopic (exact) mass is 415 g/mol. The van der Waals surface area contributed by atoms with Gasteiger partial charge in [0.25, 0.3) is 0 Å². The molecule has 3 rings (SSSR count). The van der Waals surface area contributed by atoms with Gasteiger partial charge in [-0.15, -0.1) is 0 Å². The molecule has 0 radical (unpaired) electrons. The van der Waals surface area contributed by atoms with Gasteiger partial charge in [-0.3, -0.25) is 0 Å². The Kier molecular flexibility index (Phi) is 5.92. The van der Waals surface area contributed by atoms with Gasteiger partial charge in [0.15, 0.2) is 0 Å². The fourth-order valence-corrected chi connectivity index (χ4v) is 3.20. The highest BCUT2D eigenvalue weighted by Gasteiger charge is 2.31. The predicted octanol–water partition coefficient (Wildman–Crippen LogP) is 5.13. The standard InChI is InChI=1S/C21H19BrClNO/c22-19-10-6-17(7-11-19)21(25,18-8-12-20(23)13-9-18)15-24-14-16-4-2-1-3-5-16/h1-13,24-25H,14-15H2/t21-/m0/s1. The third-order valence-corrected chi connectivity index (χ3v) is 4.98. The van der Waals surface area contributed by atoms with Crippen LogP contribution in [0.5, 0.6) is 0 Å². The lowest BCUT2D eigenvalue weighted by atomic mass is 9.86. The van der Waals surface area contributed by atoms with E-state index in [0.717, 1.165) is 15.6 Å². The number of halogens is 2. The molecule has 3 aromatic rings. The number of rotatable bonds is 6. The molecule has 0 saturated carbocycles. The Hall–Kier alpha value is -1.65. The molecule has 1 atom stereocenters. The third-order valence-electron chi connectivity index (χ3n) is 4.20. The van der Waals surface area contributed by atoms with E-state index in [1.54, 1.807) is 12.1 Å². The van der Waals surface area contributed by atoms with Crippen molar-refractivity contribution >= 4 is 27.5 Å². The van der Waals surface area contributed by atoms with Crippen LogP contribution in [-0.2, 0) is 12.1 Å². The molecule has 25 heavy (non-hydrogen) atoms. The Bertz CT molecular complexity index is 758. The van der Waals surface area contributed by atoms with Crippen molar-refractivity contribution in [2.75, 3.05) is 6.54 Å². The third kappa shape index (κ3) is 4.50. The fourth-order valence-electron chi connectivity index (χ4n) is 2.81. The molecule has 2 N–H and O–H groups in total. The molecule has 0 fully saturated rings. The summed E-state index contributed by atoms with van der Waals surface area (Å²) in [6.45, 7) is 1.08. The van der Waals surface area contributed by atoms with Gasteiger partial charge in [-0.1, -0.05) is 82.1 Å². The summed E-state index contributed by atoms with van der Waals surface area (Å²) in [6.07, 6.45) is 0. The molecule has 0 aliphatic heterocycles. The first-order valence-corrected chi connectivity index (χ1v) is 9.24. The fraction of sp³-hybridized carbons (Fsp3) is 0.143. The molecule has 0 saturated heterocycles. The van der Waals surface area contributed by atoms with Crippen molar-refractivity contribution in [2.24, 2.45) is 0 Å². The topological polar surface area (TPSA) is 32.3 Å². The van der Waals surface area contributed by atoms with E-state index in [1.165, 1.54) is 5.56 Å². The van der Waals surface area contributed by atoms with Gasteiger partial charge in [-0.25, -0.2) is 0 Å². The first kappa shape index (κ1) is 18.2. The zero-order valence-electron chi connectivity index (χ0n) is 13.6. The highest BCUT2D eigenvalue weighted by atomic mass is 79.9. The maximum absolute atomic E-state index is 11.5. The van der Waals surface area contributed by atoms with Crippen molar-refractivity contribution in [3.05, 3.63) is 105 Å². The Morgan fingerprint density at radius 2 is 1.40 bits per heavy atom. The number of benzene rings is 3. The molecule has 0 amide bonds. The van der Waals surface area contributed by atoms with Crippen LogP contribution in [0.3, 0.4) is 0 Å². The summed E-state index contributed by atoms with van der Waals surface area (Å²) in [5, 5.41) is 15.5. The minimum atomic E-state index is -1.14. The van der Waals surface area contributed by atoms with Crippen LogP contribution in [0.15, 0.2) is 83.3 Å². The van der Waals surface area contributed by atoms with Crippen LogP contribution in [0.25, 0.3) is 0 Å². The molecule has 0 heterocycles. The number of hydrogen-bond acceptors (Lipinski definition) is 2. The normalized spacial score (nSPS) is 13.4. The smallest absolute Gasteiger partial charge is 0.127 e. The minimum absolute atomic E-state index is 0.394. The van der Waals surface area contributed by atoms with E-state index < -0.39 is 5.60 Å². The molecule has 0 spiro atoms. The molecule has 3 aromatic carbocycles. The lowest BCUT2D eigenvalue weighted by Crippen LogP contribution is -2.39. The van der Waals surface area contributed by atoms with Gasteiger partial charge in [0.2, 0.25) is 0 Å². The van der Waals surface area contributed by atoms with Crippen molar-refractivity contribution in [3.8, 4) is 0 Å². The van der Waals surface area contributed by atoms with Gasteiger partial charge in [-0.05, 0) is 41.0 Å². The molecule has 2 nitrogen and oxygen atoms in total. The summed E-state index contributed by atoms with van der Waals surface area (Å²) < 4.78 is 0.979. The molecule has 0 aliphatic rings. The SMILES string of the molecule is O[C@](CNCc1ccccc1)(c1ccc(Cl)cc1)c1ccc(Br)cc1. The molecular formula is C21H19BrClNO. The summed E-state index contributed by atoms with van der Waals surface area (Å²) in [6, 6.07) is 25.2. The van der Waals surface area contributed by atoms with Crippen LogP contribution in [0.2, 0.25) is 5.02 Å². The van der Waals surface area contributed by atoms with E-state index in [-0.39, 0.29) is 0 Å². The van der Waals surface area contributed by atoms with Crippen molar-refractivity contribution in [3.63, 3.8) is 0 Å². The van der Waals surface area contributed by atoms with Gasteiger partial charge in [0.05, 0.1) is 0 Å². The molecule has 4 heteroatoms. The molecule has 0 bridgehead atoms. The first-order chi connectivity index (χ1) is 12.1. The minimum Gasteiger partial charge on any atom is -0.379 e. The second-order valence-electron chi connectivity index (χ2n) is 5.96. The van der Waals surface area contributed by atoms with E-state index in [1.807, 2.05) is 54.6 Å². The van der Waals surface area contributed by atoms with Gasteiger partial charge in [-0.2, -0.15) is 0 Å². The van der Waals surface area contributed by atoms with Crippen LogP contribution in [0, 0.1) is 0 Å². The highest BCUT2D eigenvalue weighted by molar-refractivity contribution is 9.10. The summed E-state index contributed by atoms with van der Waals surface area (Å²) in [7, 11) is 0. The highest BCUT2D eigenvalue weighted by Crippen LogP contribution is 2.31. The Morgan fingerprint density at radius 3 is 2.00 bits per heavy atom. The van der Waals surface area contributed by atoms with Crippen LogP contribution in [0.4, 0.5) is 0 Å². The summed E-state index contributed by atoms with van der Waals surface area (Å²) in [5.41, 5.74) is 1.68. The number of hydrogen-bond donors (Lipinski definition) is 2. The van der Waals surface area contributed by atoms with Gasteiger partial charge < -0.3 is 10.4 Å². The maximum Gasteiger partial charge on any atom is 0.127 e. The van der Waals surface area contributed by atoms with Crippen LogP contribution >= 0.6 is 27.5 Å². The molecular weight excluding hydrogens is 398 g/mol. The summed E-state index contributed by atoms with van der Waals surface area (Å²) in [4.78, 5) is 0. The summed E-state index contributed by atoms with van der Waals surface area (Å²) in [5.74, 6) is 0. The Labute approximate surface area is 161 Å². The van der Waals surface area contributed by atoms with Crippen molar-refractivity contribution in [2.45, 2.75) is 12.1 Å². The van der Waals surface area contributed by atoms with Crippen molar-refractivity contribution in [1.82, 2.24) is 5.32 Å². The zero-order chi connectivity index (χ0) is 17.7. The van der Waals surface area contributed by atoms with Crippen LogP contribution in [-0.4, -0.2) is 11.7 Å². The molecule has 0 aromatic heterocycles.